The summed E-state index contributed by atoms with van der Waals surface area (Å²) in [6.07, 6.45) is 36.1. The Balaban J connectivity index is 4.35. The largest absolute Gasteiger partial charge is 0.478 e. The molecule has 0 amide bonds. The Morgan fingerprint density at radius 3 is 1.73 bits per heavy atom. The van der Waals surface area contributed by atoms with E-state index in [1.165, 1.54) is 0 Å². The highest BCUT2D eigenvalue weighted by atomic mass is 16.4. The van der Waals surface area contributed by atoms with E-state index in [4.69, 9.17) is 5.11 Å². The van der Waals surface area contributed by atoms with Crippen molar-refractivity contribution in [1.82, 2.24) is 0 Å². The van der Waals surface area contributed by atoms with Gasteiger partial charge in [0.25, 0.3) is 0 Å². The van der Waals surface area contributed by atoms with Crippen LogP contribution < -0.4 is 0 Å². The predicted molar refractivity (Wildman–Crippen MR) is 169 cm³/mol. The summed E-state index contributed by atoms with van der Waals surface area (Å²) in [7, 11) is 0. The second-order valence-corrected chi connectivity index (χ2v) is 10.1. The molecule has 5 nitrogen and oxygen atoms in total. The summed E-state index contributed by atoms with van der Waals surface area (Å²) in [5, 5.41) is 39.5. The summed E-state index contributed by atoms with van der Waals surface area (Å²) >= 11 is 0. The highest BCUT2D eigenvalue weighted by Gasteiger charge is 2.24. The number of aliphatic hydroxyl groups excluding tert-OH is 3. The van der Waals surface area contributed by atoms with E-state index in [0.29, 0.717) is 6.42 Å². The molecule has 0 aliphatic heterocycles. The molecule has 220 valence electrons. The molecule has 4 N–H and O–H groups in total. The van der Waals surface area contributed by atoms with Crippen molar-refractivity contribution >= 4 is 5.97 Å². The van der Waals surface area contributed by atoms with Gasteiger partial charge in [0, 0.05) is 17.4 Å². The maximum absolute atomic E-state index is 10.7. The lowest BCUT2D eigenvalue weighted by Gasteiger charge is -2.25. The fraction of sp³-hybridized carbons (Fsp3) is 0.400. The Bertz CT molecular complexity index is 985. The minimum Gasteiger partial charge on any atom is -0.478 e. The molecule has 5 heteroatoms. The third-order valence-corrected chi connectivity index (χ3v) is 6.19. The van der Waals surface area contributed by atoms with Crippen molar-refractivity contribution in [2.24, 2.45) is 17.8 Å². The van der Waals surface area contributed by atoms with Crippen LogP contribution in [0.3, 0.4) is 0 Å². The minimum absolute atomic E-state index is 0.0903. The average Bonchev–Trinajstić information content (AvgIpc) is 2.92. The Labute approximate surface area is 242 Å². The van der Waals surface area contributed by atoms with Gasteiger partial charge < -0.3 is 20.4 Å². The number of carboxylic acid groups (broad SMARTS) is 1. The van der Waals surface area contributed by atoms with Crippen molar-refractivity contribution in [3.63, 3.8) is 0 Å². The van der Waals surface area contributed by atoms with Gasteiger partial charge in [-0.15, -0.1) is 0 Å². The second-order valence-electron chi connectivity index (χ2n) is 10.1. The molecule has 40 heavy (non-hydrogen) atoms. The van der Waals surface area contributed by atoms with Crippen LogP contribution in [-0.2, 0) is 4.79 Å². The molecule has 0 radical (unpaired) electrons. The summed E-state index contributed by atoms with van der Waals surface area (Å²) in [6.45, 7) is 9.32. The highest BCUT2D eigenvalue weighted by molar-refractivity contribution is 5.86. The van der Waals surface area contributed by atoms with Crippen LogP contribution in [-0.4, -0.2) is 44.7 Å². The number of aliphatic carboxylic acids is 1. The van der Waals surface area contributed by atoms with Gasteiger partial charge in [-0.25, -0.2) is 4.79 Å². The van der Waals surface area contributed by atoms with Crippen LogP contribution in [0, 0.1) is 17.8 Å². The number of carbonyl (C=O) groups is 1. The number of aliphatic hydroxyl groups is 3. The van der Waals surface area contributed by atoms with Crippen molar-refractivity contribution in [2.75, 3.05) is 0 Å². The Morgan fingerprint density at radius 2 is 1.15 bits per heavy atom. The van der Waals surface area contributed by atoms with Crippen molar-refractivity contribution in [3.8, 4) is 0 Å². The first-order valence-electron chi connectivity index (χ1n) is 14.0. The fourth-order valence-corrected chi connectivity index (χ4v) is 3.24. The van der Waals surface area contributed by atoms with Gasteiger partial charge in [-0.3, -0.25) is 0 Å². The topological polar surface area (TPSA) is 98.0 Å². The van der Waals surface area contributed by atoms with Crippen molar-refractivity contribution < 1.29 is 25.2 Å². The molecular formula is C35H50O5. The molecule has 0 aromatic carbocycles. The first kappa shape index (κ1) is 36.8. The number of hydrogen-bond acceptors (Lipinski definition) is 4. The van der Waals surface area contributed by atoms with Gasteiger partial charge in [-0.05, 0) is 32.1 Å². The normalized spacial score (nSPS) is 18.0. The van der Waals surface area contributed by atoms with E-state index in [0.717, 1.165) is 12.8 Å². The Hall–Kier alpha value is -3.25. The van der Waals surface area contributed by atoms with Crippen molar-refractivity contribution in [2.45, 2.75) is 72.2 Å². The van der Waals surface area contributed by atoms with E-state index in [1.54, 1.807) is 37.3 Å². The lowest BCUT2D eigenvalue weighted by Crippen LogP contribution is -2.32. The molecule has 5 unspecified atom stereocenters. The molecule has 0 spiro atoms. The molecule has 5 atom stereocenters. The molecule has 0 saturated heterocycles. The third kappa shape index (κ3) is 19.8. The summed E-state index contributed by atoms with van der Waals surface area (Å²) in [4.78, 5) is 10.7. The van der Waals surface area contributed by atoms with E-state index in [2.05, 4.69) is 0 Å². The van der Waals surface area contributed by atoms with Gasteiger partial charge in [0.15, 0.2) is 0 Å². The first-order valence-corrected chi connectivity index (χ1v) is 14.0. The van der Waals surface area contributed by atoms with E-state index in [1.807, 2.05) is 113 Å². The highest BCUT2D eigenvalue weighted by Crippen LogP contribution is 2.19. The minimum atomic E-state index is -0.925. The van der Waals surface area contributed by atoms with Gasteiger partial charge in [-0.2, -0.15) is 0 Å². The van der Waals surface area contributed by atoms with Crippen LogP contribution in [0.4, 0.5) is 0 Å². The maximum atomic E-state index is 10.7. The molecule has 0 fully saturated rings. The zero-order chi connectivity index (χ0) is 30.2. The number of carboxylic acids is 1. The third-order valence-electron chi connectivity index (χ3n) is 6.19. The second kappa shape index (κ2) is 23.6. The van der Waals surface area contributed by atoms with E-state index >= 15 is 0 Å². The predicted octanol–water partition coefficient (Wildman–Crippen LogP) is 7.20. The number of rotatable bonds is 19. The lowest BCUT2D eigenvalue weighted by molar-refractivity contribution is -0.132. The summed E-state index contributed by atoms with van der Waals surface area (Å²) < 4.78 is 0. The van der Waals surface area contributed by atoms with Gasteiger partial charge in [0.05, 0.1) is 18.3 Å². The zero-order valence-electron chi connectivity index (χ0n) is 24.8. The number of unbranched alkanes of at least 4 members (excludes halogenated alkanes) is 1. The molecule has 0 aromatic heterocycles. The van der Waals surface area contributed by atoms with E-state index in [-0.39, 0.29) is 29.4 Å². The van der Waals surface area contributed by atoms with Crippen LogP contribution in [0.25, 0.3) is 0 Å². The Kier molecular flexibility index (Phi) is 21.7. The fourth-order valence-electron chi connectivity index (χ4n) is 3.24. The summed E-state index contributed by atoms with van der Waals surface area (Å²) in [5.74, 6) is -1.07. The molecule has 0 aliphatic rings. The zero-order valence-corrected chi connectivity index (χ0v) is 24.8. The number of allylic oxidation sites excluding steroid dienone is 16. The van der Waals surface area contributed by atoms with Crippen LogP contribution in [0.15, 0.2) is 121 Å². The van der Waals surface area contributed by atoms with Gasteiger partial charge in [-0.1, -0.05) is 143 Å². The van der Waals surface area contributed by atoms with E-state index < -0.39 is 18.2 Å². The van der Waals surface area contributed by atoms with Gasteiger partial charge in [0.2, 0.25) is 0 Å². The first-order chi connectivity index (χ1) is 19.1. The Morgan fingerprint density at radius 1 is 0.650 bits per heavy atom. The SMILES string of the molecule is C\C(=C/C=C/C=C/CC/C=C/C(C)C(O)C(C)C(O)/C=C/C=C/C=C/C=C/C=C/C=C/CC(O)C(C)C)C(=O)O. The molecule has 0 saturated carbocycles. The maximum Gasteiger partial charge on any atom is 0.331 e. The molecule has 0 aromatic rings. The quantitative estimate of drug-likeness (QED) is 0.0590. The van der Waals surface area contributed by atoms with Crippen LogP contribution in [0.5, 0.6) is 0 Å². The van der Waals surface area contributed by atoms with Gasteiger partial charge >= 0.3 is 5.97 Å². The van der Waals surface area contributed by atoms with Crippen LogP contribution in [0.2, 0.25) is 0 Å². The molecule has 0 bridgehead atoms. The van der Waals surface area contributed by atoms with Crippen molar-refractivity contribution in [3.05, 3.63) is 121 Å². The van der Waals surface area contributed by atoms with Crippen molar-refractivity contribution in [1.29, 1.82) is 0 Å². The number of hydrogen-bond donors (Lipinski definition) is 4. The molecule has 0 rings (SSSR count). The van der Waals surface area contributed by atoms with Crippen LogP contribution >= 0.6 is 0 Å². The van der Waals surface area contributed by atoms with Gasteiger partial charge in [0.1, 0.15) is 0 Å². The van der Waals surface area contributed by atoms with Crippen LogP contribution in [0.1, 0.15) is 53.9 Å². The molecule has 0 heterocycles. The molecular weight excluding hydrogens is 500 g/mol. The smallest absolute Gasteiger partial charge is 0.331 e. The molecule has 0 aliphatic carbocycles. The average molecular weight is 551 g/mol. The summed E-state index contributed by atoms with van der Waals surface area (Å²) in [5.41, 5.74) is 0.289. The standard InChI is InChI=1S/C35H50O5/c1-28(2)32(36)26-22-18-14-9-7-6-8-10-15-19-23-27-33(37)31(5)34(38)29(3)24-20-16-12-11-13-17-21-25-30(4)35(39)40/h6-11,13-15,17-25,27-29,31-34,36-38H,12,16,26H2,1-5H3,(H,39,40)/b7-6+,10-8+,13-11+,14-9+,19-15+,21-17+,22-18+,24-20+,27-23+,30-25+. The lowest BCUT2D eigenvalue weighted by atomic mass is 9.88. The summed E-state index contributed by atoms with van der Waals surface area (Å²) in [6, 6.07) is 0. The van der Waals surface area contributed by atoms with E-state index in [9.17, 15) is 20.1 Å². The monoisotopic (exact) mass is 550 g/mol.